The highest BCUT2D eigenvalue weighted by Gasteiger charge is 2.32. The minimum Gasteiger partial charge on any atom is -0.326 e. The van der Waals surface area contributed by atoms with Crippen LogP contribution < -0.4 is 5.32 Å². The first kappa shape index (κ1) is 19.6. The normalized spacial score (nSPS) is 18.2. The average molecular weight is 387 g/mol. The molecule has 0 saturated carbocycles. The van der Waals surface area contributed by atoms with Gasteiger partial charge in [0.25, 0.3) is 0 Å². The van der Waals surface area contributed by atoms with E-state index in [1.807, 2.05) is 54.6 Å². The van der Waals surface area contributed by atoms with E-state index in [1.54, 1.807) is 0 Å². The van der Waals surface area contributed by atoms with Crippen LogP contribution in [-0.2, 0) is 27.0 Å². The second kappa shape index (κ2) is 8.67. The highest BCUT2D eigenvalue weighted by Crippen LogP contribution is 2.23. The first-order valence-corrected chi connectivity index (χ1v) is 11.0. The summed E-state index contributed by atoms with van der Waals surface area (Å²) in [5.74, 6) is -0.463. The van der Waals surface area contributed by atoms with Crippen molar-refractivity contribution >= 4 is 21.6 Å². The van der Waals surface area contributed by atoms with Gasteiger partial charge < -0.3 is 5.32 Å². The Morgan fingerprint density at radius 3 is 2.44 bits per heavy atom. The van der Waals surface area contributed by atoms with Crippen LogP contribution in [0.2, 0.25) is 0 Å². The van der Waals surface area contributed by atoms with E-state index in [9.17, 15) is 13.2 Å². The third-order valence-corrected chi connectivity index (χ3v) is 6.79. The number of nitrogens with zero attached hydrogens (tertiary/aromatic N) is 1. The highest BCUT2D eigenvalue weighted by molar-refractivity contribution is 7.88. The van der Waals surface area contributed by atoms with Gasteiger partial charge in [0.2, 0.25) is 15.9 Å². The predicted molar refractivity (Wildman–Crippen MR) is 108 cm³/mol. The maximum atomic E-state index is 12.7. The molecule has 27 heavy (non-hydrogen) atoms. The summed E-state index contributed by atoms with van der Waals surface area (Å²) < 4.78 is 27.0. The molecule has 0 radical (unpaired) electrons. The van der Waals surface area contributed by atoms with Crippen LogP contribution in [0, 0.1) is 5.92 Å². The summed E-state index contributed by atoms with van der Waals surface area (Å²) >= 11 is 0. The Morgan fingerprint density at radius 1 is 1.07 bits per heavy atom. The summed E-state index contributed by atoms with van der Waals surface area (Å²) in [5.41, 5.74) is 2.73. The molecule has 1 atom stereocenters. The van der Waals surface area contributed by atoms with Crippen molar-refractivity contribution in [3.05, 3.63) is 65.7 Å². The molecule has 5 nitrogen and oxygen atoms in total. The lowest BCUT2D eigenvalue weighted by Gasteiger charge is -2.31. The molecule has 2 aromatic carbocycles. The number of carbonyl (C=O) groups is 1. The van der Waals surface area contributed by atoms with Crippen LogP contribution >= 0.6 is 0 Å². The van der Waals surface area contributed by atoms with Crippen LogP contribution in [0.1, 0.15) is 30.9 Å². The third-order valence-electron chi connectivity index (χ3n) is 4.97. The lowest BCUT2D eigenvalue weighted by molar-refractivity contribution is -0.120. The number of carbonyl (C=O) groups excluding carboxylic acids is 1. The Hall–Kier alpha value is -2.18. The van der Waals surface area contributed by atoms with Gasteiger partial charge in [-0.3, -0.25) is 4.79 Å². The Kier molecular flexibility index (Phi) is 6.29. The van der Waals surface area contributed by atoms with Gasteiger partial charge in [0.1, 0.15) is 0 Å². The van der Waals surface area contributed by atoms with E-state index in [4.69, 9.17) is 0 Å². The molecule has 0 aliphatic carbocycles. The van der Waals surface area contributed by atoms with E-state index in [1.165, 1.54) is 9.87 Å². The van der Waals surface area contributed by atoms with Crippen LogP contribution in [-0.4, -0.2) is 31.7 Å². The molecule has 2 aromatic rings. The molecule has 1 heterocycles. The molecule has 1 N–H and O–H groups in total. The van der Waals surface area contributed by atoms with E-state index in [0.29, 0.717) is 19.4 Å². The molecular weight excluding hydrogens is 360 g/mol. The summed E-state index contributed by atoms with van der Waals surface area (Å²) in [6.45, 7) is 2.80. The van der Waals surface area contributed by atoms with Gasteiger partial charge in [-0.2, -0.15) is 0 Å². The van der Waals surface area contributed by atoms with E-state index in [2.05, 4.69) is 12.2 Å². The van der Waals surface area contributed by atoms with E-state index in [0.717, 1.165) is 17.7 Å². The number of rotatable bonds is 6. The third kappa shape index (κ3) is 5.17. The molecule has 3 rings (SSSR count). The lowest BCUT2D eigenvalue weighted by Crippen LogP contribution is -2.44. The summed E-state index contributed by atoms with van der Waals surface area (Å²) in [5, 5.41) is 2.92. The molecule has 1 amide bonds. The summed E-state index contributed by atoms with van der Waals surface area (Å²) in [4.78, 5) is 12.6. The van der Waals surface area contributed by atoms with Crippen LogP contribution in [0.3, 0.4) is 0 Å². The number of piperidine rings is 1. The number of anilines is 1. The predicted octanol–water partition coefficient (Wildman–Crippen LogP) is 3.43. The monoisotopic (exact) mass is 386 g/mol. The zero-order chi connectivity index (χ0) is 19.3. The zero-order valence-electron chi connectivity index (χ0n) is 15.6. The Balaban J connectivity index is 1.63. The molecule has 1 aliphatic rings. The average Bonchev–Trinajstić information content (AvgIpc) is 2.69. The molecule has 0 unspecified atom stereocenters. The van der Waals surface area contributed by atoms with Crippen LogP contribution in [0.5, 0.6) is 0 Å². The SMILES string of the molecule is CCc1ccc(NC(=O)[C@@H]2CCCN(S(=O)(=O)Cc3ccccc3)C2)cc1. The summed E-state index contributed by atoms with van der Waals surface area (Å²) in [7, 11) is -3.43. The van der Waals surface area contributed by atoms with Crippen molar-refractivity contribution in [1.29, 1.82) is 0 Å². The van der Waals surface area contributed by atoms with Gasteiger partial charge in [0, 0.05) is 18.8 Å². The van der Waals surface area contributed by atoms with Gasteiger partial charge in [-0.15, -0.1) is 0 Å². The van der Waals surface area contributed by atoms with Crippen molar-refractivity contribution in [2.24, 2.45) is 5.92 Å². The topological polar surface area (TPSA) is 66.5 Å². The molecule has 144 valence electrons. The molecular formula is C21H26N2O3S. The van der Waals surface area contributed by atoms with Crippen molar-refractivity contribution in [3.8, 4) is 0 Å². The zero-order valence-corrected chi connectivity index (χ0v) is 16.4. The number of amides is 1. The molecule has 0 aromatic heterocycles. The molecule has 1 saturated heterocycles. The van der Waals surface area contributed by atoms with Gasteiger partial charge >= 0.3 is 0 Å². The fourth-order valence-electron chi connectivity index (χ4n) is 3.35. The van der Waals surface area contributed by atoms with E-state index in [-0.39, 0.29) is 24.1 Å². The summed E-state index contributed by atoms with van der Waals surface area (Å²) in [6.07, 6.45) is 2.35. The van der Waals surface area contributed by atoms with Crippen LogP contribution in [0.4, 0.5) is 5.69 Å². The van der Waals surface area contributed by atoms with Crippen molar-refractivity contribution in [2.45, 2.75) is 31.9 Å². The van der Waals surface area contributed by atoms with Gasteiger partial charge in [-0.25, -0.2) is 12.7 Å². The Bertz CT molecular complexity index is 864. The summed E-state index contributed by atoms with van der Waals surface area (Å²) in [6, 6.07) is 16.9. The number of nitrogens with one attached hydrogen (secondary N) is 1. The molecule has 0 bridgehead atoms. The second-order valence-corrected chi connectivity index (χ2v) is 8.95. The van der Waals surface area contributed by atoms with Gasteiger partial charge in [-0.1, -0.05) is 49.4 Å². The van der Waals surface area contributed by atoms with Gasteiger partial charge in [-0.05, 0) is 42.5 Å². The standard InChI is InChI=1S/C21H26N2O3S/c1-2-17-10-12-20(13-11-17)22-21(24)19-9-6-14-23(15-19)27(25,26)16-18-7-4-3-5-8-18/h3-5,7-8,10-13,19H,2,6,9,14-16H2,1H3,(H,22,24)/t19-/m1/s1. The van der Waals surface area contributed by atoms with E-state index < -0.39 is 10.0 Å². The van der Waals surface area contributed by atoms with Crippen molar-refractivity contribution in [1.82, 2.24) is 4.31 Å². The fourth-order valence-corrected chi connectivity index (χ4v) is 4.96. The molecule has 1 aliphatic heterocycles. The van der Waals surface area contributed by atoms with Crippen molar-refractivity contribution < 1.29 is 13.2 Å². The highest BCUT2D eigenvalue weighted by atomic mass is 32.2. The Morgan fingerprint density at radius 2 is 1.78 bits per heavy atom. The smallest absolute Gasteiger partial charge is 0.228 e. The maximum Gasteiger partial charge on any atom is 0.228 e. The molecule has 6 heteroatoms. The first-order valence-electron chi connectivity index (χ1n) is 9.39. The number of hydrogen-bond acceptors (Lipinski definition) is 3. The maximum absolute atomic E-state index is 12.7. The number of benzene rings is 2. The largest absolute Gasteiger partial charge is 0.326 e. The van der Waals surface area contributed by atoms with Crippen molar-refractivity contribution in [2.75, 3.05) is 18.4 Å². The number of hydrogen-bond donors (Lipinski definition) is 1. The number of sulfonamides is 1. The minimum absolute atomic E-state index is 0.0271. The first-order chi connectivity index (χ1) is 13.0. The minimum atomic E-state index is -3.43. The fraction of sp³-hybridized carbons (Fsp3) is 0.381. The van der Waals surface area contributed by atoms with Crippen LogP contribution in [0.15, 0.2) is 54.6 Å². The Labute approximate surface area is 161 Å². The quantitative estimate of drug-likeness (QED) is 0.827. The molecule has 0 spiro atoms. The van der Waals surface area contributed by atoms with Crippen molar-refractivity contribution in [3.63, 3.8) is 0 Å². The van der Waals surface area contributed by atoms with Crippen LogP contribution in [0.25, 0.3) is 0 Å². The number of aryl methyl sites for hydroxylation is 1. The van der Waals surface area contributed by atoms with E-state index >= 15 is 0 Å². The van der Waals surface area contributed by atoms with Gasteiger partial charge in [0.15, 0.2) is 0 Å². The molecule has 1 fully saturated rings. The second-order valence-electron chi connectivity index (χ2n) is 6.98. The van der Waals surface area contributed by atoms with Gasteiger partial charge in [0.05, 0.1) is 11.7 Å². The lowest BCUT2D eigenvalue weighted by atomic mass is 9.98.